The molecule has 0 aliphatic heterocycles. The van der Waals surface area contributed by atoms with Crippen molar-refractivity contribution in [3.63, 3.8) is 0 Å². The van der Waals surface area contributed by atoms with Crippen LogP contribution >= 0.6 is 35.0 Å². The van der Waals surface area contributed by atoms with Gasteiger partial charge in [0.2, 0.25) is 5.43 Å². The molecular weight excluding hydrogens is 507 g/mol. The molecule has 35 heavy (non-hydrogen) atoms. The quantitative estimate of drug-likeness (QED) is 0.336. The second-order valence-corrected chi connectivity index (χ2v) is 9.15. The number of rotatable bonds is 5. The summed E-state index contributed by atoms with van der Waals surface area (Å²) in [7, 11) is 0. The van der Waals surface area contributed by atoms with E-state index in [9.17, 15) is 9.59 Å². The number of hydrogen-bond donors (Lipinski definition) is 1. The molecule has 8 nitrogen and oxygen atoms in total. The van der Waals surface area contributed by atoms with Crippen LogP contribution in [0.1, 0.15) is 10.5 Å². The molecule has 11 heteroatoms. The Kier molecular flexibility index (Phi) is 6.45. The lowest BCUT2D eigenvalue weighted by atomic mass is 10.2. The number of fused-ring (bicyclic) bond motifs is 1. The maximum absolute atomic E-state index is 13.2. The number of halogens is 2. The van der Waals surface area contributed by atoms with E-state index in [1.54, 1.807) is 30.7 Å². The molecule has 0 saturated heterocycles. The highest BCUT2D eigenvalue weighted by molar-refractivity contribution is 7.99. The third-order valence-corrected chi connectivity index (χ3v) is 6.43. The van der Waals surface area contributed by atoms with Crippen LogP contribution in [0.5, 0.6) is 0 Å². The van der Waals surface area contributed by atoms with Crippen LogP contribution in [0, 0.1) is 0 Å². The van der Waals surface area contributed by atoms with Crippen molar-refractivity contribution in [3.8, 4) is 5.69 Å². The maximum atomic E-state index is 13.2. The summed E-state index contributed by atoms with van der Waals surface area (Å²) in [6.45, 7) is 0. The lowest BCUT2D eigenvalue weighted by Crippen LogP contribution is -2.27. The Morgan fingerprint density at radius 1 is 0.914 bits per heavy atom. The zero-order valence-electron chi connectivity index (χ0n) is 17.7. The topological polar surface area (TPSA) is 103 Å². The van der Waals surface area contributed by atoms with Crippen LogP contribution < -0.4 is 10.7 Å². The summed E-state index contributed by atoms with van der Waals surface area (Å²) < 4.78 is 1.47. The fourth-order valence-corrected chi connectivity index (χ4v) is 4.64. The minimum atomic E-state index is -0.759. The highest BCUT2D eigenvalue weighted by atomic mass is 35.5. The van der Waals surface area contributed by atoms with E-state index in [2.05, 4.69) is 25.4 Å². The molecule has 0 bridgehead atoms. The van der Waals surface area contributed by atoms with Crippen LogP contribution in [0.3, 0.4) is 0 Å². The third-order valence-electron chi connectivity index (χ3n) is 4.89. The van der Waals surface area contributed by atoms with Crippen molar-refractivity contribution in [2.45, 2.75) is 9.79 Å². The van der Waals surface area contributed by atoms with E-state index in [-0.39, 0.29) is 26.8 Å². The summed E-state index contributed by atoms with van der Waals surface area (Å²) in [4.78, 5) is 40.5. The second kappa shape index (κ2) is 9.83. The average molecular weight is 521 g/mol. The van der Waals surface area contributed by atoms with Crippen molar-refractivity contribution in [1.29, 1.82) is 0 Å². The number of carbonyl (C=O) groups is 1. The summed E-state index contributed by atoms with van der Waals surface area (Å²) >= 11 is 13.8. The van der Waals surface area contributed by atoms with Crippen LogP contribution in [0.25, 0.3) is 16.7 Å². The molecule has 4 aromatic heterocycles. The fourth-order valence-electron chi connectivity index (χ4n) is 3.32. The van der Waals surface area contributed by atoms with Gasteiger partial charge in [-0.1, -0.05) is 41.0 Å². The van der Waals surface area contributed by atoms with Gasteiger partial charge in [-0.2, -0.15) is 5.10 Å². The lowest BCUT2D eigenvalue weighted by Gasteiger charge is -2.13. The first-order chi connectivity index (χ1) is 17.0. The first-order valence-corrected chi connectivity index (χ1v) is 11.8. The van der Waals surface area contributed by atoms with E-state index in [1.165, 1.54) is 28.8 Å². The molecule has 172 valence electrons. The molecule has 0 spiro atoms. The smallest absolute Gasteiger partial charge is 0.280 e. The molecule has 0 aliphatic carbocycles. The summed E-state index contributed by atoms with van der Waals surface area (Å²) in [5.41, 5.74) is 0.181. The van der Waals surface area contributed by atoms with Gasteiger partial charge >= 0.3 is 0 Å². The zero-order chi connectivity index (χ0) is 24.4. The highest BCUT2D eigenvalue weighted by Crippen LogP contribution is 2.30. The Bertz CT molecular complexity index is 1610. The Morgan fingerprint density at radius 3 is 2.46 bits per heavy atom. The van der Waals surface area contributed by atoms with Crippen molar-refractivity contribution >= 4 is 57.6 Å². The Labute approximate surface area is 213 Å². The van der Waals surface area contributed by atoms with Gasteiger partial charge in [-0.3, -0.25) is 19.6 Å². The Hall–Kier alpha value is -3.79. The Morgan fingerprint density at radius 2 is 1.69 bits per heavy atom. The largest absolute Gasteiger partial charge is 0.318 e. The van der Waals surface area contributed by atoms with Gasteiger partial charge in [0, 0.05) is 40.8 Å². The number of amides is 1. The SMILES string of the molecule is O=C(Nc1c(Cl)cncc1Cl)c1nn(-c2cccc(Sc3cccnc3)c2)c2ncccc2c1=O. The maximum Gasteiger partial charge on any atom is 0.280 e. The van der Waals surface area contributed by atoms with Gasteiger partial charge in [-0.15, -0.1) is 0 Å². The van der Waals surface area contributed by atoms with Crippen molar-refractivity contribution < 1.29 is 4.79 Å². The van der Waals surface area contributed by atoms with Crippen molar-refractivity contribution in [2.75, 3.05) is 5.32 Å². The van der Waals surface area contributed by atoms with Crippen molar-refractivity contribution in [2.24, 2.45) is 0 Å². The molecule has 1 aromatic carbocycles. The van der Waals surface area contributed by atoms with Crippen LogP contribution in [0.15, 0.2) is 94.1 Å². The molecule has 0 atom stereocenters. The number of benzene rings is 1. The number of pyridine rings is 3. The molecule has 0 radical (unpaired) electrons. The molecule has 5 rings (SSSR count). The predicted octanol–water partition coefficient (Wildman–Crippen LogP) is 5.28. The van der Waals surface area contributed by atoms with Gasteiger partial charge in [0.05, 0.1) is 26.8 Å². The molecule has 0 saturated carbocycles. The lowest BCUT2D eigenvalue weighted by molar-refractivity contribution is 0.102. The van der Waals surface area contributed by atoms with Crippen molar-refractivity contribution in [3.05, 3.63) is 105 Å². The normalized spacial score (nSPS) is 10.9. The second-order valence-electron chi connectivity index (χ2n) is 7.18. The monoisotopic (exact) mass is 520 g/mol. The van der Waals surface area contributed by atoms with E-state index in [1.807, 2.05) is 36.4 Å². The van der Waals surface area contributed by atoms with Gasteiger partial charge in [0.15, 0.2) is 11.3 Å². The number of nitrogens with zero attached hydrogens (tertiary/aromatic N) is 5. The first kappa shape index (κ1) is 23.0. The standard InChI is InChI=1S/C24H14Cl2N6O2S/c25-18-12-28-13-19(26)20(18)30-24(34)21-22(33)17-7-3-9-29-23(17)32(31-21)14-4-1-5-15(10-14)35-16-6-2-8-27-11-16/h1-13H,(H,28,30,34). The number of aromatic nitrogens is 5. The molecule has 0 aliphatic rings. The number of anilines is 1. The van der Waals surface area contributed by atoms with Crippen LogP contribution in [-0.2, 0) is 0 Å². The molecule has 1 amide bonds. The van der Waals surface area contributed by atoms with E-state index in [0.717, 1.165) is 9.79 Å². The average Bonchev–Trinajstić information content (AvgIpc) is 2.87. The van der Waals surface area contributed by atoms with E-state index >= 15 is 0 Å². The summed E-state index contributed by atoms with van der Waals surface area (Å²) in [5, 5.41) is 7.46. The van der Waals surface area contributed by atoms with Crippen LogP contribution in [-0.4, -0.2) is 30.6 Å². The van der Waals surface area contributed by atoms with Gasteiger partial charge < -0.3 is 5.32 Å². The van der Waals surface area contributed by atoms with Crippen molar-refractivity contribution in [1.82, 2.24) is 24.7 Å². The molecule has 4 heterocycles. The van der Waals surface area contributed by atoms with E-state index < -0.39 is 11.3 Å². The number of hydrogen-bond acceptors (Lipinski definition) is 7. The number of carbonyl (C=O) groups excluding carboxylic acids is 1. The van der Waals surface area contributed by atoms with Gasteiger partial charge in [-0.25, -0.2) is 9.67 Å². The highest BCUT2D eigenvalue weighted by Gasteiger charge is 2.21. The van der Waals surface area contributed by atoms with E-state index in [4.69, 9.17) is 23.2 Å². The minimum absolute atomic E-state index is 0.133. The first-order valence-electron chi connectivity index (χ1n) is 10.2. The summed E-state index contributed by atoms with van der Waals surface area (Å²) in [6, 6.07) is 14.6. The third kappa shape index (κ3) is 4.74. The minimum Gasteiger partial charge on any atom is -0.318 e. The van der Waals surface area contributed by atoms with E-state index in [0.29, 0.717) is 11.3 Å². The fraction of sp³-hybridized carbons (Fsp3) is 0. The number of nitrogens with one attached hydrogen (secondary N) is 1. The Balaban J connectivity index is 1.60. The summed E-state index contributed by atoms with van der Waals surface area (Å²) in [6.07, 6.45) is 7.71. The van der Waals surface area contributed by atoms with Crippen LogP contribution in [0.4, 0.5) is 5.69 Å². The zero-order valence-corrected chi connectivity index (χ0v) is 20.1. The molecule has 0 fully saturated rings. The van der Waals surface area contributed by atoms with Gasteiger partial charge in [-0.05, 0) is 42.5 Å². The van der Waals surface area contributed by atoms with Gasteiger partial charge in [0.1, 0.15) is 0 Å². The molecule has 5 aromatic rings. The molecule has 1 N–H and O–H groups in total. The summed E-state index contributed by atoms with van der Waals surface area (Å²) in [5.74, 6) is -0.759. The molecule has 0 unspecified atom stereocenters. The molecular formula is C24H14Cl2N6O2S. The predicted molar refractivity (Wildman–Crippen MR) is 136 cm³/mol. The van der Waals surface area contributed by atoms with Gasteiger partial charge in [0.25, 0.3) is 5.91 Å². The van der Waals surface area contributed by atoms with Crippen LogP contribution in [0.2, 0.25) is 10.0 Å².